The molecule has 0 radical (unpaired) electrons. The Labute approximate surface area is 146 Å². The van der Waals surface area contributed by atoms with Crippen LogP contribution in [0.3, 0.4) is 0 Å². The molecular formula is C18H20ClN3O2. The van der Waals surface area contributed by atoms with Gasteiger partial charge < -0.3 is 9.64 Å². The van der Waals surface area contributed by atoms with E-state index in [9.17, 15) is 4.79 Å². The van der Waals surface area contributed by atoms with E-state index in [1.54, 1.807) is 4.90 Å². The summed E-state index contributed by atoms with van der Waals surface area (Å²) in [5.74, 6) is 1.42. The van der Waals surface area contributed by atoms with Crippen molar-refractivity contribution in [1.29, 1.82) is 0 Å². The molecule has 2 heterocycles. The minimum absolute atomic E-state index is 0.0125. The Balaban J connectivity index is 1.69. The van der Waals surface area contributed by atoms with Gasteiger partial charge in [0.1, 0.15) is 17.7 Å². The van der Waals surface area contributed by atoms with E-state index in [-0.39, 0.29) is 28.6 Å². The molecular weight excluding hydrogens is 326 g/mol. The third kappa shape index (κ3) is 3.67. The Morgan fingerprint density at radius 3 is 2.79 bits per heavy atom. The van der Waals surface area contributed by atoms with Crippen LogP contribution in [0.25, 0.3) is 0 Å². The summed E-state index contributed by atoms with van der Waals surface area (Å²) in [5, 5.41) is 0.289. The Morgan fingerprint density at radius 2 is 2.08 bits per heavy atom. The number of benzene rings is 1. The summed E-state index contributed by atoms with van der Waals surface area (Å²) >= 11 is 6.14. The number of carbonyl (C=O) groups excluding carboxylic acids is 1. The molecule has 0 N–H and O–H groups in total. The molecule has 1 aromatic carbocycles. The second-order valence-electron chi connectivity index (χ2n) is 6.17. The highest BCUT2D eigenvalue weighted by molar-refractivity contribution is 6.33. The average Bonchev–Trinajstić information content (AvgIpc) is 3.04. The average molecular weight is 346 g/mol. The smallest absolute Gasteiger partial charge is 0.274 e. The van der Waals surface area contributed by atoms with Crippen molar-refractivity contribution < 1.29 is 9.53 Å². The summed E-state index contributed by atoms with van der Waals surface area (Å²) in [4.78, 5) is 23.0. The highest BCUT2D eigenvalue weighted by Gasteiger charge is 2.30. The van der Waals surface area contributed by atoms with Crippen molar-refractivity contribution in [2.24, 2.45) is 0 Å². The molecule has 1 aromatic heterocycles. The molecule has 3 rings (SSSR count). The fourth-order valence-corrected chi connectivity index (χ4v) is 2.83. The number of aromatic nitrogens is 2. The first-order chi connectivity index (χ1) is 11.5. The van der Waals surface area contributed by atoms with Gasteiger partial charge >= 0.3 is 0 Å². The van der Waals surface area contributed by atoms with Gasteiger partial charge in [0.05, 0.1) is 17.8 Å². The Morgan fingerprint density at radius 1 is 1.33 bits per heavy atom. The first kappa shape index (κ1) is 16.7. The molecule has 126 valence electrons. The minimum atomic E-state index is -0.163. The fraction of sp³-hybridized carbons (Fsp3) is 0.389. The van der Waals surface area contributed by atoms with Gasteiger partial charge in [-0.15, -0.1) is 0 Å². The highest BCUT2D eigenvalue weighted by atomic mass is 35.5. The molecule has 1 atom stereocenters. The van der Waals surface area contributed by atoms with Gasteiger partial charge in [0, 0.05) is 18.9 Å². The molecule has 1 aliphatic heterocycles. The van der Waals surface area contributed by atoms with Crippen molar-refractivity contribution in [2.45, 2.75) is 32.3 Å². The van der Waals surface area contributed by atoms with Crippen LogP contribution in [0, 0.1) is 0 Å². The molecule has 0 bridgehead atoms. The van der Waals surface area contributed by atoms with Crippen LogP contribution in [0.2, 0.25) is 5.02 Å². The standard InChI is InChI=1S/C18H20ClN3O2/c1-12(2)17-20-10-15(19)16(21-17)18(23)22-9-8-14(11-22)24-13-6-4-3-5-7-13/h3-7,10,12,14H,8-9,11H2,1-2H3/t14-/m0/s1. The number of halogens is 1. The molecule has 0 spiro atoms. The zero-order chi connectivity index (χ0) is 17.1. The predicted molar refractivity (Wildman–Crippen MR) is 92.5 cm³/mol. The second-order valence-corrected chi connectivity index (χ2v) is 6.58. The van der Waals surface area contributed by atoms with Crippen molar-refractivity contribution in [1.82, 2.24) is 14.9 Å². The number of ether oxygens (including phenoxy) is 1. The number of likely N-dealkylation sites (tertiary alicyclic amines) is 1. The van der Waals surface area contributed by atoms with Crippen LogP contribution in [-0.4, -0.2) is 40.0 Å². The number of hydrogen-bond acceptors (Lipinski definition) is 4. The summed E-state index contributed by atoms with van der Waals surface area (Å²) < 4.78 is 5.92. The maximum Gasteiger partial charge on any atom is 0.274 e. The van der Waals surface area contributed by atoms with Gasteiger partial charge in [-0.25, -0.2) is 9.97 Å². The van der Waals surface area contributed by atoms with Crippen LogP contribution in [0.5, 0.6) is 5.75 Å². The molecule has 1 aliphatic rings. The van der Waals surface area contributed by atoms with Crippen LogP contribution in [0.4, 0.5) is 0 Å². The van der Waals surface area contributed by atoms with Crippen LogP contribution in [0.1, 0.15) is 42.5 Å². The number of hydrogen-bond donors (Lipinski definition) is 0. The van der Waals surface area contributed by atoms with Gasteiger partial charge in [0.2, 0.25) is 0 Å². The van der Waals surface area contributed by atoms with E-state index >= 15 is 0 Å². The highest BCUT2D eigenvalue weighted by Crippen LogP contribution is 2.22. The lowest BCUT2D eigenvalue weighted by Crippen LogP contribution is -2.32. The molecule has 0 saturated carbocycles. The van der Waals surface area contributed by atoms with Crippen LogP contribution in [0.15, 0.2) is 36.5 Å². The normalized spacial score (nSPS) is 17.3. The second kappa shape index (κ2) is 7.18. The van der Waals surface area contributed by atoms with Crippen LogP contribution >= 0.6 is 11.6 Å². The number of rotatable bonds is 4. The van der Waals surface area contributed by atoms with E-state index in [2.05, 4.69) is 9.97 Å². The molecule has 0 aliphatic carbocycles. The van der Waals surface area contributed by atoms with Crippen molar-refractivity contribution in [3.8, 4) is 5.75 Å². The molecule has 0 unspecified atom stereocenters. The van der Waals surface area contributed by atoms with E-state index in [1.165, 1.54) is 6.20 Å². The van der Waals surface area contributed by atoms with Gasteiger partial charge in [0.15, 0.2) is 5.69 Å². The maximum absolute atomic E-state index is 12.7. The first-order valence-electron chi connectivity index (χ1n) is 8.08. The quantitative estimate of drug-likeness (QED) is 0.850. The monoisotopic (exact) mass is 345 g/mol. The third-order valence-corrected chi connectivity index (χ3v) is 4.24. The van der Waals surface area contributed by atoms with Gasteiger partial charge in [-0.05, 0) is 12.1 Å². The third-order valence-electron chi connectivity index (χ3n) is 3.96. The Hall–Kier alpha value is -2.14. The van der Waals surface area contributed by atoms with E-state index < -0.39 is 0 Å². The van der Waals surface area contributed by atoms with Crippen LogP contribution in [-0.2, 0) is 0 Å². The summed E-state index contributed by atoms with van der Waals surface area (Å²) in [6.07, 6.45) is 2.28. The summed E-state index contributed by atoms with van der Waals surface area (Å²) in [7, 11) is 0. The lowest BCUT2D eigenvalue weighted by atomic mass is 10.2. The van der Waals surface area contributed by atoms with Crippen molar-refractivity contribution >= 4 is 17.5 Å². The molecule has 2 aromatic rings. The molecule has 1 saturated heterocycles. The van der Waals surface area contributed by atoms with E-state index in [1.807, 2.05) is 44.2 Å². The molecule has 1 fully saturated rings. The number of carbonyl (C=O) groups is 1. The van der Waals surface area contributed by atoms with Gasteiger partial charge in [-0.3, -0.25) is 4.79 Å². The van der Waals surface area contributed by atoms with Gasteiger partial charge in [-0.1, -0.05) is 43.6 Å². The lowest BCUT2D eigenvalue weighted by Gasteiger charge is -2.18. The lowest BCUT2D eigenvalue weighted by molar-refractivity contribution is 0.0766. The fourth-order valence-electron chi connectivity index (χ4n) is 2.66. The summed E-state index contributed by atoms with van der Waals surface area (Å²) in [5.41, 5.74) is 0.274. The minimum Gasteiger partial charge on any atom is -0.489 e. The van der Waals surface area contributed by atoms with Crippen molar-refractivity contribution in [2.75, 3.05) is 13.1 Å². The number of nitrogens with zero attached hydrogens (tertiary/aromatic N) is 3. The SMILES string of the molecule is CC(C)c1ncc(Cl)c(C(=O)N2CC[C@H](Oc3ccccc3)C2)n1. The van der Waals surface area contributed by atoms with Gasteiger partial charge in [0.25, 0.3) is 5.91 Å². The summed E-state index contributed by atoms with van der Waals surface area (Å²) in [6, 6.07) is 9.64. The van der Waals surface area contributed by atoms with Gasteiger partial charge in [-0.2, -0.15) is 0 Å². The van der Waals surface area contributed by atoms with E-state index in [0.29, 0.717) is 18.9 Å². The zero-order valence-corrected chi connectivity index (χ0v) is 14.5. The first-order valence-corrected chi connectivity index (χ1v) is 8.46. The molecule has 1 amide bonds. The number of amides is 1. The zero-order valence-electron chi connectivity index (χ0n) is 13.8. The maximum atomic E-state index is 12.7. The molecule has 6 heteroatoms. The van der Waals surface area contributed by atoms with Crippen LogP contribution < -0.4 is 4.74 Å². The van der Waals surface area contributed by atoms with Crippen molar-refractivity contribution in [3.05, 3.63) is 53.1 Å². The largest absolute Gasteiger partial charge is 0.489 e. The predicted octanol–water partition coefficient (Wildman–Crippen LogP) is 3.55. The topological polar surface area (TPSA) is 55.3 Å². The summed E-state index contributed by atoms with van der Waals surface area (Å²) in [6.45, 7) is 5.13. The number of para-hydroxylation sites is 1. The molecule has 24 heavy (non-hydrogen) atoms. The Kier molecular flexibility index (Phi) is 5.00. The van der Waals surface area contributed by atoms with Crippen molar-refractivity contribution in [3.63, 3.8) is 0 Å². The Bertz CT molecular complexity index is 721. The van der Waals surface area contributed by atoms with E-state index in [4.69, 9.17) is 16.3 Å². The molecule has 5 nitrogen and oxygen atoms in total. The van der Waals surface area contributed by atoms with E-state index in [0.717, 1.165) is 12.2 Å².